The zero-order valence-electron chi connectivity index (χ0n) is 18.5. The Hall–Kier alpha value is -2.98. The SMILES string of the molecule is Cc1cc(C23CC4CC(C)(C2)CC(c2ccc(OC#N)c(C)c2)(C4)C3)ccc1OC#N. The molecular formula is C27H28N2O2. The average molecular weight is 413 g/mol. The number of hydrogen-bond acceptors (Lipinski definition) is 4. The van der Waals surface area contributed by atoms with Gasteiger partial charge in [0.1, 0.15) is 11.5 Å². The van der Waals surface area contributed by atoms with Gasteiger partial charge in [-0.3, -0.25) is 0 Å². The van der Waals surface area contributed by atoms with Gasteiger partial charge in [-0.15, -0.1) is 10.5 Å². The average Bonchev–Trinajstić information content (AvgIpc) is 2.69. The second kappa shape index (κ2) is 6.76. The van der Waals surface area contributed by atoms with Crippen LogP contribution < -0.4 is 9.47 Å². The van der Waals surface area contributed by atoms with Gasteiger partial charge in [0.05, 0.1) is 0 Å². The lowest BCUT2D eigenvalue weighted by Crippen LogP contribution is -2.59. The molecule has 158 valence electrons. The van der Waals surface area contributed by atoms with Crippen LogP contribution in [0.1, 0.15) is 67.7 Å². The molecule has 0 N–H and O–H groups in total. The van der Waals surface area contributed by atoms with Crippen LogP contribution in [0.5, 0.6) is 11.5 Å². The fourth-order valence-corrected chi connectivity index (χ4v) is 7.85. The molecule has 0 amide bonds. The Kier molecular flexibility index (Phi) is 4.35. The van der Waals surface area contributed by atoms with Crippen molar-refractivity contribution in [2.45, 2.75) is 70.1 Å². The molecule has 4 aliphatic rings. The summed E-state index contributed by atoms with van der Waals surface area (Å²) in [5.74, 6) is 2.04. The van der Waals surface area contributed by atoms with E-state index in [4.69, 9.17) is 20.0 Å². The van der Waals surface area contributed by atoms with E-state index >= 15 is 0 Å². The molecule has 4 bridgehead atoms. The lowest BCUT2D eigenvalue weighted by molar-refractivity contribution is -0.0807. The monoisotopic (exact) mass is 412 g/mol. The van der Waals surface area contributed by atoms with Crippen LogP contribution in [0.2, 0.25) is 0 Å². The molecular weight excluding hydrogens is 384 g/mol. The number of nitrogens with zero attached hydrogens (tertiary/aromatic N) is 2. The van der Waals surface area contributed by atoms with Crippen molar-refractivity contribution in [1.29, 1.82) is 10.5 Å². The summed E-state index contributed by atoms with van der Waals surface area (Å²) >= 11 is 0. The Morgan fingerprint density at radius 1 is 0.774 bits per heavy atom. The zero-order valence-corrected chi connectivity index (χ0v) is 18.5. The standard InChI is InChI=1S/C27H28N2O2/c1-18-8-21(4-6-23(18)30-16-28)26-11-20-10-25(3,13-26)14-27(12-20,15-26)22-5-7-24(31-17-29)19(2)9-22/h4-9,20H,10-15H2,1-3H3. The highest BCUT2D eigenvalue weighted by Crippen LogP contribution is 2.70. The van der Waals surface area contributed by atoms with E-state index in [0.29, 0.717) is 16.9 Å². The van der Waals surface area contributed by atoms with Gasteiger partial charge in [0.15, 0.2) is 0 Å². The summed E-state index contributed by atoms with van der Waals surface area (Å²) in [7, 11) is 0. The van der Waals surface area contributed by atoms with E-state index in [0.717, 1.165) is 23.5 Å². The Bertz CT molecular complexity index is 1060. The molecule has 4 fully saturated rings. The molecule has 31 heavy (non-hydrogen) atoms. The quantitative estimate of drug-likeness (QED) is 0.561. The minimum Gasteiger partial charge on any atom is -0.388 e. The van der Waals surface area contributed by atoms with Crippen LogP contribution in [0.25, 0.3) is 0 Å². The van der Waals surface area contributed by atoms with Gasteiger partial charge in [0, 0.05) is 0 Å². The maximum atomic E-state index is 8.91. The van der Waals surface area contributed by atoms with E-state index in [1.54, 1.807) is 12.5 Å². The van der Waals surface area contributed by atoms with Gasteiger partial charge in [-0.25, -0.2) is 0 Å². The minimum atomic E-state index is 0.166. The van der Waals surface area contributed by atoms with Crippen molar-refractivity contribution < 1.29 is 9.47 Å². The molecule has 4 saturated carbocycles. The Morgan fingerprint density at radius 2 is 1.26 bits per heavy atom. The number of hydrogen-bond donors (Lipinski definition) is 0. The number of nitriles is 2. The molecule has 2 aromatic rings. The van der Waals surface area contributed by atoms with Crippen LogP contribution in [0, 0.1) is 48.2 Å². The number of aryl methyl sites for hydroxylation is 2. The van der Waals surface area contributed by atoms with Crippen LogP contribution >= 0.6 is 0 Å². The predicted octanol–water partition coefficient (Wildman–Crippen LogP) is 6.20. The van der Waals surface area contributed by atoms with Gasteiger partial charge >= 0.3 is 0 Å². The van der Waals surface area contributed by atoms with Gasteiger partial charge in [-0.05, 0) is 109 Å². The van der Waals surface area contributed by atoms with E-state index < -0.39 is 0 Å². The molecule has 4 aliphatic carbocycles. The van der Waals surface area contributed by atoms with Crippen LogP contribution in [-0.2, 0) is 10.8 Å². The lowest BCUT2D eigenvalue weighted by atomic mass is 9.38. The molecule has 0 saturated heterocycles. The molecule has 0 heterocycles. The van der Waals surface area contributed by atoms with Gasteiger partial charge in [0.2, 0.25) is 0 Å². The molecule has 0 aromatic heterocycles. The normalized spacial score (nSPS) is 32.9. The summed E-state index contributed by atoms with van der Waals surface area (Å²) in [6, 6.07) is 12.8. The number of rotatable bonds is 4. The zero-order chi connectivity index (χ0) is 21.9. The highest BCUT2D eigenvalue weighted by Gasteiger charge is 2.62. The van der Waals surface area contributed by atoms with Crippen molar-refractivity contribution in [3.63, 3.8) is 0 Å². The largest absolute Gasteiger partial charge is 0.388 e. The van der Waals surface area contributed by atoms with Gasteiger partial charge < -0.3 is 9.47 Å². The van der Waals surface area contributed by atoms with E-state index in [-0.39, 0.29) is 10.8 Å². The third-order valence-electron chi connectivity index (χ3n) is 8.23. The summed E-state index contributed by atoms with van der Waals surface area (Å²) in [5, 5.41) is 17.8. The second-order valence-corrected chi connectivity index (χ2v) is 10.7. The van der Waals surface area contributed by atoms with Crippen LogP contribution in [-0.4, -0.2) is 0 Å². The summed E-state index contributed by atoms with van der Waals surface area (Å²) in [6.07, 6.45) is 11.0. The lowest BCUT2D eigenvalue weighted by Gasteiger charge is -2.66. The minimum absolute atomic E-state index is 0.166. The van der Waals surface area contributed by atoms with Crippen molar-refractivity contribution in [2.24, 2.45) is 11.3 Å². The molecule has 2 unspecified atom stereocenters. The van der Waals surface area contributed by atoms with E-state index in [2.05, 4.69) is 31.2 Å². The van der Waals surface area contributed by atoms with E-state index in [1.807, 2.05) is 26.0 Å². The summed E-state index contributed by atoms with van der Waals surface area (Å²) in [4.78, 5) is 0. The molecule has 4 heteroatoms. The fraction of sp³-hybridized carbons (Fsp3) is 0.481. The number of ether oxygens (including phenoxy) is 2. The van der Waals surface area contributed by atoms with E-state index in [9.17, 15) is 0 Å². The summed E-state index contributed by atoms with van der Waals surface area (Å²) < 4.78 is 10.3. The first-order valence-electron chi connectivity index (χ1n) is 11.1. The third-order valence-corrected chi connectivity index (χ3v) is 8.23. The Balaban J connectivity index is 1.58. The number of benzene rings is 2. The van der Waals surface area contributed by atoms with Crippen molar-refractivity contribution in [2.75, 3.05) is 0 Å². The topological polar surface area (TPSA) is 66.0 Å². The van der Waals surface area contributed by atoms with Crippen molar-refractivity contribution in [1.82, 2.24) is 0 Å². The van der Waals surface area contributed by atoms with Crippen LogP contribution in [0.15, 0.2) is 36.4 Å². The van der Waals surface area contributed by atoms with Crippen molar-refractivity contribution in [3.8, 4) is 24.0 Å². The first-order chi connectivity index (χ1) is 14.8. The van der Waals surface area contributed by atoms with Crippen molar-refractivity contribution >= 4 is 0 Å². The van der Waals surface area contributed by atoms with Gasteiger partial charge in [0.25, 0.3) is 12.5 Å². The maximum absolute atomic E-state index is 8.91. The molecule has 4 nitrogen and oxygen atoms in total. The van der Waals surface area contributed by atoms with Gasteiger partial charge in [-0.2, -0.15) is 0 Å². The molecule has 2 atom stereocenters. The maximum Gasteiger partial charge on any atom is 0.292 e. The molecule has 2 aromatic carbocycles. The highest BCUT2D eigenvalue weighted by atomic mass is 16.5. The second-order valence-electron chi connectivity index (χ2n) is 10.7. The van der Waals surface area contributed by atoms with E-state index in [1.165, 1.54) is 43.2 Å². The smallest absolute Gasteiger partial charge is 0.292 e. The summed E-state index contributed by atoms with van der Waals surface area (Å²) in [6.45, 7) is 6.55. The molecule has 0 radical (unpaired) electrons. The Labute approximate surface area is 184 Å². The van der Waals surface area contributed by atoms with Crippen LogP contribution in [0.3, 0.4) is 0 Å². The molecule has 0 aliphatic heterocycles. The summed E-state index contributed by atoms with van der Waals surface area (Å²) in [5.41, 5.74) is 5.53. The van der Waals surface area contributed by atoms with Crippen LogP contribution in [0.4, 0.5) is 0 Å². The first kappa shape index (κ1) is 20.0. The molecule has 6 rings (SSSR count). The third kappa shape index (κ3) is 3.09. The molecule has 0 spiro atoms. The Morgan fingerprint density at radius 3 is 1.65 bits per heavy atom. The van der Waals surface area contributed by atoms with Crippen molar-refractivity contribution in [3.05, 3.63) is 58.7 Å². The van der Waals surface area contributed by atoms with Gasteiger partial charge in [-0.1, -0.05) is 31.2 Å². The fourth-order valence-electron chi connectivity index (χ4n) is 7.85. The highest BCUT2D eigenvalue weighted by molar-refractivity contribution is 5.46. The predicted molar refractivity (Wildman–Crippen MR) is 117 cm³/mol. The first-order valence-corrected chi connectivity index (χ1v) is 11.1.